The van der Waals surface area contributed by atoms with Gasteiger partial charge in [-0.3, -0.25) is 0 Å². The number of nitrogen functional groups attached to an aromatic ring is 1. The molecule has 4 rings (SSSR count). The summed E-state index contributed by atoms with van der Waals surface area (Å²) in [6.45, 7) is 9.48. The number of nitrogens with one attached hydrogen (secondary N) is 1. The van der Waals surface area contributed by atoms with Gasteiger partial charge in [-0.2, -0.15) is 0 Å². The zero-order chi connectivity index (χ0) is 19.0. The van der Waals surface area contributed by atoms with Crippen molar-refractivity contribution in [3.05, 3.63) is 59.6 Å². The summed E-state index contributed by atoms with van der Waals surface area (Å²) < 4.78 is 2.44. The Morgan fingerprint density at radius 1 is 1.11 bits per heavy atom. The standard InChI is InChI=1S/C23H26N4/c1-15-19(5-4-6-22(15)24)21-14-27(18-10-7-16(25-2)8-11-18)23-12-9-17(26-3)13-20(21)23/h4-6,9,12-14,16,18,25H,7-8,10-11,24H2,1-2H3. The largest absolute Gasteiger partial charge is 0.398 e. The average molecular weight is 358 g/mol. The molecule has 0 saturated heterocycles. The van der Waals surface area contributed by atoms with E-state index >= 15 is 0 Å². The predicted molar refractivity (Wildman–Crippen MR) is 113 cm³/mol. The Hall–Kier alpha value is -2.77. The number of hydrogen-bond donors (Lipinski definition) is 2. The van der Waals surface area contributed by atoms with Crippen molar-refractivity contribution in [3.63, 3.8) is 0 Å². The Balaban J connectivity index is 1.87. The van der Waals surface area contributed by atoms with Crippen molar-refractivity contribution in [1.82, 2.24) is 9.88 Å². The Morgan fingerprint density at radius 3 is 2.59 bits per heavy atom. The molecule has 3 N–H and O–H groups in total. The summed E-state index contributed by atoms with van der Waals surface area (Å²) >= 11 is 0. The van der Waals surface area contributed by atoms with Gasteiger partial charge in [0.25, 0.3) is 0 Å². The quantitative estimate of drug-likeness (QED) is 0.483. The van der Waals surface area contributed by atoms with Crippen LogP contribution in [0, 0.1) is 13.5 Å². The van der Waals surface area contributed by atoms with Crippen LogP contribution in [0.5, 0.6) is 0 Å². The van der Waals surface area contributed by atoms with Crippen molar-refractivity contribution in [2.45, 2.75) is 44.7 Å². The van der Waals surface area contributed by atoms with Gasteiger partial charge in [0.1, 0.15) is 0 Å². The molecule has 0 radical (unpaired) electrons. The summed E-state index contributed by atoms with van der Waals surface area (Å²) in [6.07, 6.45) is 7.04. The van der Waals surface area contributed by atoms with Gasteiger partial charge in [-0.25, -0.2) is 4.85 Å². The van der Waals surface area contributed by atoms with Crippen LogP contribution in [0.2, 0.25) is 0 Å². The number of rotatable bonds is 3. The monoisotopic (exact) mass is 358 g/mol. The fourth-order valence-corrected chi connectivity index (χ4v) is 4.42. The predicted octanol–water partition coefficient (Wildman–Crippen LogP) is 5.45. The molecule has 0 amide bonds. The molecule has 1 aliphatic carbocycles. The minimum absolute atomic E-state index is 0.506. The van der Waals surface area contributed by atoms with Gasteiger partial charge < -0.3 is 15.6 Å². The first-order valence-corrected chi connectivity index (χ1v) is 9.67. The van der Waals surface area contributed by atoms with Gasteiger partial charge in [0, 0.05) is 35.0 Å². The molecule has 138 valence electrons. The van der Waals surface area contributed by atoms with Crippen molar-refractivity contribution < 1.29 is 0 Å². The van der Waals surface area contributed by atoms with Crippen LogP contribution in [0.3, 0.4) is 0 Å². The second kappa shape index (κ2) is 7.09. The van der Waals surface area contributed by atoms with E-state index in [2.05, 4.69) is 47.0 Å². The lowest BCUT2D eigenvalue weighted by molar-refractivity contribution is 0.305. The van der Waals surface area contributed by atoms with E-state index in [1.807, 2.05) is 24.3 Å². The second-order valence-corrected chi connectivity index (χ2v) is 7.58. The molecule has 1 aliphatic rings. The molecule has 0 atom stereocenters. The highest BCUT2D eigenvalue weighted by atomic mass is 15.0. The van der Waals surface area contributed by atoms with Gasteiger partial charge in [-0.05, 0) is 74.4 Å². The first-order valence-electron chi connectivity index (χ1n) is 9.67. The van der Waals surface area contributed by atoms with Crippen molar-refractivity contribution >= 4 is 22.3 Å². The molecule has 0 aliphatic heterocycles. The molecule has 2 aromatic carbocycles. The summed E-state index contributed by atoms with van der Waals surface area (Å²) in [7, 11) is 2.06. The van der Waals surface area contributed by atoms with Gasteiger partial charge >= 0.3 is 0 Å². The molecule has 0 spiro atoms. The molecule has 1 saturated carbocycles. The van der Waals surface area contributed by atoms with Crippen LogP contribution in [0.15, 0.2) is 42.6 Å². The van der Waals surface area contributed by atoms with Crippen LogP contribution < -0.4 is 11.1 Å². The third-order valence-corrected chi connectivity index (χ3v) is 6.11. The smallest absolute Gasteiger partial charge is 0.188 e. The summed E-state index contributed by atoms with van der Waals surface area (Å²) in [5, 5.41) is 4.56. The van der Waals surface area contributed by atoms with Crippen molar-refractivity contribution in [1.29, 1.82) is 0 Å². The lowest BCUT2D eigenvalue weighted by Gasteiger charge is -2.29. The summed E-state index contributed by atoms with van der Waals surface area (Å²) in [5.41, 5.74) is 12.3. The minimum atomic E-state index is 0.506. The molecular formula is C23H26N4. The Morgan fingerprint density at radius 2 is 1.89 bits per heavy atom. The maximum Gasteiger partial charge on any atom is 0.188 e. The highest BCUT2D eigenvalue weighted by Gasteiger charge is 2.24. The van der Waals surface area contributed by atoms with Crippen LogP contribution in [-0.4, -0.2) is 17.7 Å². The van der Waals surface area contributed by atoms with E-state index in [1.54, 1.807) is 0 Å². The second-order valence-electron chi connectivity index (χ2n) is 7.58. The zero-order valence-electron chi connectivity index (χ0n) is 16.0. The third-order valence-electron chi connectivity index (χ3n) is 6.11. The molecular weight excluding hydrogens is 332 g/mol. The summed E-state index contributed by atoms with van der Waals surface area (Å²) in [5.74, 6) is 0. The van der Waals surface area contributed by atoms with Crippen molar-refractivity contribution in [2.75, 3.05) is 12.8 Å². The number of fused-ring (bicyclic) bond motifs is 1. The fraction of sp³-hybridized carbons (Fsp3) is 0.348. The normalized spacial score (nSPS) is 19.9. The maximum absolute atomic E-state index is 7.41. The van der Waals surface area contributed by atoms with E-state index in [0.29, 0.717) is 17.8 Å². The zero-order valence-corrected chi connectivity index (χ0v) is 16.0. The van der Waals surface area contributed by atoms with Crippen molar-refractivity contribution in [2.24, 2.45) is 0 Å². The molecule has 1 aromatic heterocycles. The van der Waals surface area contributed by atoms with E-state index in [4.69, 9.17) is 12.3 Å². The maximum atomic E-state index is 7.41. The van der Waals surface area contributed by atoms with Gasteiger partial charge in [-0.1, -0.05) is 18.2 Å². The highest BCUT2D eigenvalue weighted by Crippen LogP contribution is 2.40. The fourth-order valence-electron chi connectivity index (χ4n) is 4.42. The molecule has 1 fully saturated rings. The molecule has 4 heteroatoms. The van der Waals surface area contributed by atoms with Gasteiger partial charge in [0.2, 0.25) is 0 Å². The number of hydrogen-bond acceptors (Lipinski definition) is 2. The summed E-state index contributed by atoms with van der Waals surface area (Å²) in [4.78, 5) is 3.65. The SMILES string of the molecule is [C-]#[N+]c1ccc2c(c1)c(-c1cccc(N)c1C)cn2C1CCC(NC)CC1. The van der Waals surface area contributed by atoms with Gasteiger partial charge in [-0.15, -0.1) is 0 Å². The number of nitrogens with two attached hydrogens (primary N) is 1. The molecule has 4 nitrogen and oxygen atoms in total. The van der Waals surface area contributed by atoms with Crippen LogP contribution in [0.25, 0.3) is 26.9 Å². The van der Waals surface area contributed by atoms with E-state index in [0.717, 1.165) is 22.2 Å². The topological polar surface area (TPSA) is 47.3 Å². The number of anilines is 1. The van der Waals surface area contributed by atoms with E-state index in [1.165, 1.54) is 36.8 Å². The first kappa shape index (κ1) is 17.6. The lowest BCUT2D eigenvalue weighted by atomic mass is 9.91. The number of aromatic nitrogens is 1. The van der Waals surface area contributed by atoms with Crippen LogP contribution >= 0.6 is 0 Å². The average Bonchev–Trinajstić information content (AvgIpc) is 3.08. The number of benzene rings is 2. The van der Waals surface area contributed by atoms with Crippen molar-refractivity contribution in [3.8, 4) is 11.1 Å². The third kappa shape index (κ3) is 3.09. The van der Waals surface area contributed by atoms with E-state index in [-0.39, 0.29) is 0 Å². The van der Waals surface area contributed by atoms with E-state index in [9.17, 15) is 0 Å². The molecule has 1 heterocycles. The van der Waals surface area contributed by atoms with Gasteiger partial charge in [0.05, 0.1) is 6.57 Å². The minimum Gasteiger partial charge on any atom is -0.398 e. The Labute approximate surface area is 160 Å². The Kier molecular flexibility index (Phi) is 4.63. The molecule has 0 unspecified atom stereocenters. The lowest BCUT2D eigenvalue weighted by Crippen LogP contribution is -2.30. The summed E-state index contributed by atoms with van der Waals surface area (Å²) in [6, 6.07) is 13.3. The van der Waals surface area contributed by atoms with Crippen LogP contribution in [-0.2, 0) is 0 Å². The highest BCUT2D eigenvalue weighted by molar-refractivity contribution is 5.99. The first-order chi connectivity index (χ1) is 13.1. The molecule has 3 aromatic rings. The van der Waals surface area contributed by atoms with E-state index < -0.39 is 0 Å². The molecule has 0 bridgehead atoms. The van der Waals surface area contributed by atoms with Crippen LogP contribution in [0.4, 0.5) is 11.4 Å². The number of nitrogens with zero attached hydrogens (tertiary/aromatic N) is 2. The van der Waals surface area contributed by atoms with Crippen LogP contribution in [0.1, 0.15) is 37.3 Å². The van der Waals surface area contributed by atoms with Gasteiger partial charge in [0.15, 0.2) is 5.69 Å². The Bertz CT molecular complexity index is 1020. The molecule has 27 heavy (non-hydrogen) atoms.